The number of nitrogens with zero attached hydrogens (tertiary/aromatic N) is 4. The molecule has 9 aromatic carbocycles. The first-order chi connectivity index (χ1) is 27.7. The SMILES string of the molecule is c1ccc(-c2nc3ccc4ccc5ccc6cc(-c7nc(-c8cccc9ccccc89)nc(-c8cccc9sc%10ccccc%10c89)n7)ccc6c5c4c3o2)cc1. The molecule has 0 unspecified atom stereocenters. The molecule has 12 rings (SSSR count). The van der Waals surface area contributed by atoms with E-state index in [1.807, 2.05) is 36.4 Å². The van der Waals surface area contributed by atoms with Gasteiger partial charge in [0, 0.05) is 53.2 Å². The second kappa shape index (κ2) is 12.1. The van der Waals surface area contributed by atoms with Crippen molar-refractivity contribution in [2.45, 2.75) is 0 Å². The first kappa shape index (κ1) is 31.1. The molecule has 0 atom stereocenters. The fourth-order valence-corrected chi connectivity index (χ4v) is 9.45. The summed E-state index contributed by atoms with van der Waals surface area (Å²) >= 11 is 1.80. The Kier molecular flexibility index (Phi) is 6.73. The van der Waals surface area contributed by atoms with Gasteiger partial charge in [-0.15, -0.1) is 11.3 Å². The number of rotatable bonds is 4. The third-order valence-electron chi connectivity index (χ3n) is 10.9. The van der Waals surface area contributed by atoms with Crippen LogP contribution in [0.25, 0.3) is 120 Å². The fraction of sp³-hybridized carbons (Fsp3) is 0. The van der Waals surface area contributed by atoms with Crippen molar-refractivity contribution in [3.05, 3.63) is 170 Å². The van der Waals surface area contributed by atoms with Crippen molar-refractivity contribution >= 4 is 85.7 Å². The number of thiophene rings is 1. The van der Waals surface area contributed by atoms with Gasteiger partial charge in [0.1, 0.15) is 5.52 Å². The molecular weight excluding hydrogens is 705 g/mol. The Bertz CT molecular complexity index is 3550. The number of oxazole rings is 1. The maximum absolute atomic E-state index is 6.57. The second-order valence-electron chi connectivity index (χ2n) is 14.2. The molecule has 5 nitrogen and oxygen atoms in total. The van der Waals surface area contributed by atoms with E-state index in [-0.39, 0.29) is 0 Å². The van der Waals surface area contributed by atoms with Crippen LogP contribution in [0.3, 0.4) is 0 Å². The largest absolute Gasteiger partial charge is 0.435 e. The van der Waals surface area contributed by atoms with Gasteiger partial charge in [0.25, 0.3) is 0 Å². The highest BCUT2D eigenvalue weighted by atomic mass is 32.1. The summed E-state index contributed by atoms with van der Waals surface area (Å²) < 4.78 is 9.02. The normalized spacial score (nSPS) is 11.9. The highest BCUT2D eigenvalue weighted by Crippen LogP contribution is 2.42. The molecule has 3 heterocycles. The molecule has 0 saturated heterocycles. The van der Waals surface area contributed by atoms with Crippen LogP contribution < -0.4 is 0 Å². The molecular formula is C50H28N4OS. The molecule has 0 aliphatic heterocycles. The van der Waals surface area contributed by atoms with Crippen LogP contribution in [0.1, 0.15) is 0 Å². The zero-order chi connectivity index (χ0) is 36.7. The highest BCUT2D eigenvalue weighted by Gasteiger charge is 2.19. The lowest BCUT2D eigenvalue weighted by atomic mass is 9.95. The van der Waals surface area contributed by atoms with E-state index >= 15 is 0 Å². The van der Waals surface area contributed by atoms with Crippen molar-refractivity contribution in [2.75, 3.05) is 0 Å². The van der Waals surface area contributed by atoms with Crippen LogP contribution in [0.4, 0.5) is 0 Å². The van der Waals surface area contributed by atoms with Gasteiger partial charge in [0.05, 0.1) is 0 Å². The van der Waals surface area contributed by atoms with Crippen LogP contribution in [0, 0.1) is 0 Å². The Morgan fingerprint density at radius 3 is 1.93 bits per heavy atom. The number of fused-ring (bicyclic) bond motifs is 11. The standard InChI is InChI=1S/C50H28N4OS/c1-2-11-32(12-3-1)50-51-40-27-25-31-21-20-30-22-23-33-28-34(24-26-36(33)43(30)44(31)46(40)55-50)47-52-48(37-16-8-13-29-10-4-5-14-35(29)37)54-49(53-47)39-17-9-19-42-45(39)38-15-6-7-18-41(38)56-42/h1-28H. The third kappa shape index (κ3) is 4.79. The lowest BCUT2D eigenvalue weighted by molar-refractivity contribution is 0.623. The smallest absolute Gasteiger partial charge is 0.227 e. The lowest BCUT2D eigenvalue weighted by Crippen LogP contribution is -2.01. The van der Waals surface area contributed by atoms with Crippen LogP contribution in [0.15, 0.2) is 174 Å². The minimum Gasteiger partial charge on any atom is -0.435 e. The van der Waals surface area contributed by atoms with Crippen LogP contribution in [0.2, 0.25) is 0 Å². The Morgan fingerprint density at radius 2 is 1.04 bits per heavy atom. The summed E-state index contributed by atoms with van der Waals surface area (Å²) in [6, 6.07) is 59.3. The number of hydrogen-bond donors (Lipinski definition) is 0. The van der Waals surface area contributed by atoms with E-state index in [4.69, 9.17) is 24.4 Å². The maximum atomic E-state index is 6.57. The topological polar surface area (TPSA) is 64.7 Å². The van der Waals surface area contributed by atoms with Crippen molar-refractivity contribution in [2.24, 2.45) is 0 Å². The molecule has 0 aliphatic rings. The summed E-state index contributed by atoms with van der Waals surface area (Å²) in [7, 11) is 0. The van der Waals surface area contributed by atoms with Crippen molar-refractivity contribution in [3.8, 4) is 45.6 Å². The average molecular weight is 733 g/mol. The second-order valence-corrected chi connectivity index (χ2v) is 15.3. The van der Waals surface area contributed by atoms with Gasteiger partial charge in [0.2, 0.25) is 5.89 Å². The lowest BCUT2D eigenvalue weighted by Gasteiger charge is -2.12. The number of aromatic nitrogens is 4. The molecule has 0 bridgehead atoms. The summed E-state index contributed by atoms with van der Waals surface area (Å²) in [5, 5.41) is 11.3. The predicted molar refractivity (Wildman–Crippen MR) is 232 cm³/mol. The van der Waals surface area contributed by atoms with E-state index in [0.717, 1.165) is 76.4 Å². The van der Waals surface area contributed by atoms with Crippen LogP contribution in [0.5, 0.6) is 0 Å². The first-order valence-electron chi connectivity index (χ1n) is 18.6. The molecule has 0 amide bonds. The fourth-order valence-electron chi connectivity index (χ4n) is 8.32. The van der Waals surface area contributed by atoms with Gasteiger partial charge in [-0.3, -0.25) is 0 Å². The van der Waals surface area contributed by atoms with Gasteiger partial charge in [-0.1, -0.05) is 133 Å². The Labute approximate surface area is 324 Å². The van der Waals surface area contributed by atoms with Crippen molar-refractivity contribution in [1.82, 2.24) is 19.9 Å². The summed E-state index contributed by atoms with van der Waals surface area (Å²) in [6.45, 7) is 0. The molecule has 3 aromatic heterocycles. The zero-order valence-corrected chi connectivity index (χ0v) is 30.6. The average Bonchev–Trinajstić information content (AvgIpc) is 3.88. The summed E-state index contributed by atoms with van der Waals surface area (Å²) in [4.78, 5) is 20.6. The van der Waals surface area contributed by atoms with E-state index in [0.29, 0.717) is 23.4 Å². The molecule has 0 aliphatic carbocycles. The summed E-state index contributed by atoms with van der Waals surface area (Å²) in [5.41, 5.74) is 5.47. The zero-order valence-electron chi connectivity index (χ0n) is 29.8. The van der Waals surface area contributed by atoms with Gasteiger partial charge in [-0.05, 0) is 68.7 Å². The monoisotopic (exact) mass is 732 g/mol. The molecule has 0 N–H and O–H groups in total. The van der Waals surface area contributed by atoms with Crippen LogP contribution >= 0.6 is 11.3 Å². The highest BCUT2D eigenvalue weighted by molar-refractivity contribution is 7.25. The number of hydrogen-bond acceptors (Lipinski definition) is 6. The first-order valence-corrected chi connectivity index (χ1v) is 19.4. The summed E-state index contributed by atoms with van der Waals surface area (Å²) in [5.74, 6) is 2.54. The van der Waals surface area contributed by atoms with E-state index < -0.39 is 0 Å². The van der Waals surface area contributed by atoms with E-state index in [9.17, 15) is 0 Å². The van der Waals surface area contributed by atoms with Crippen LogP contribution in [-0.4, -0.2) is 19.9 Å². The third-order valence-corrected chi connectivity index (χ3v) is 12.1. The van der Waals surface area contributed by atoms with Crippen molar-refractivity contribution in [3.63, 3.8) is 0 Å². The molecule has 0 saturated carbocycles. The summed E-state index contributed by atoms with van der Waals surface area (Å²) in [6.07, 6.45) is 0. The Morgan fingerprint density at radius 1 is 0.375 bits per heavy atom. The van der Waals surface area contributed by atoms with E-state index in [1.54, 1.807) is 11.3 Å². The minimum atomic E-state index is 0.617. The maximum Gasteiger partial charge on any atom is 0.227 e. The van der Waals surface area contributed by atoms with Crippen molar-refractivity contribution in [1.29, 1.82) is 0 Å². The predicted octanol–water partition coefficient (Wildman–Crippen LogP) is 13.7. The molecule has 56 heavy (non-hydrogen) atoms. The van der Waals surface area contributed by atoms with Gasteiger partial charge < -0.3 is 4.42 Å². The molecule has 6 heteroatoms. The van der Waals surface area contributed by atoms with E-state index in [2.05, 4.69) is 133 Å². The molecule has 0 spiro atoms. The Balaban J connectivity index is 1.09. The molecule has 0 fully saturated rings. The van der Waals surface area contributed by atoms with E-state index in [1.165, 1.54) is 20.2 Å². The molecule has 260 valence electrons. The number of benzene rings is 9. The Hall–Kier alpha value is -7.28. The van der Waals surface area contributed by atoms with Crippen LogP contribution in [-0.2, 0) is 0 Å². The molecule has 12 aromatic rings. The molecule has 0 radical (unpaired) electrons. The van der Waals surface area contributed by atoms with Gasteiger partial charge in [0.15, 0.2) is 23.1 Å². The van der Waals surface area contributed by atoms with Crippen molar-refractivity contribution < 1.29 is 4.42 Å². The van der Waals surface area contributed by atoms with Gasteiger partial charge in [-0.25, -0.2) is 19.9 Å². The quantitative estimate of drug-likeness (QED) is 0.169. The van der Waals surface area contributed by atoms with Gasteiger partial charge in [-0.2, -0.15) is 0 Å². The minimum absolute atomic E-state index is 0.617. The van der Waals surface area contributed by atoms with Gasteiger partial charge >= 0.3 is 0 Å².